The third-order valence-electron chi connectivity index (χ3n) is 5.11. The van der Waals surface area contributed by atoms with Crippen molar-refractivity contribution < 1.29 is 22.0 Å². The van der Waals surface area contributed by atoms with Crippen molar-refractivity contribution in [3.05, 3.63) is 41.5 Å². The summed E-state index contributed by atoms with van der Waals surface area (Å²) in [5.74, 6) is -0.229. The fourth-order valence-electron chi connectivity index (χ4n) is 3.26. The lowest BCUT2D eigenvalue weighted by molar-refractivity contribution is -0.138. The lowest BCUT2D eigenvalue weighted by Crippen LogP contribution is -2.32. The second kappa shape index (κ2) is 7.24. The summed E-state index contributed by atoms with van der Waals surface area (Å²) in [4.78, 5) is 11.8. The van der Waals surface area contributed by atoms with Crippen molar-refractivity contribution in [1.29, 1.82) is 0 Å². The summed E-state index contributed by atoms with van der Waals surface area (Å²) in [7, 11) is 0. The molecule has 3 aromatic rings. The molecule has 0 bridgehead atoms. The highest BCUT2D eigenvalue weighted by Gasteiger charge is 2.40. The Kier molecular flexibility index (Phi) is 4.93. The Balaban J connectivity index is 1.64. The molecular weight excluding hydrogens is 423 g/mol. The number of hydrogen-bond acceptors (Lipinski definition) is 6. The summed E-state index contributed by atoms with van der Waals surface area (Å²) in [6, 6.07) is 0. The van der Waals surface area contributed by atoms with Gasteiger partial charge in [-0.2, -0.15) is 36.8 Å². The largest absolute Gasteiger partial charge is 0.419 e. The minimum absolute atomic E-state index is 0.00153. The maximum absolute atomic E-state index is 13.2. The zero-order valence-corrected chi connectivity index (χ0v) is 16.8. The molecule has 1 aliphatic rings. The minimum Gasteiger partial charge on any atom is -0.321 e. The van der Waals surface area contributed by atoms with Crippen LogP contribution in [0, 0.1) is 6.92 Å². The van der Waals surface area contributed by atoms with Gasteiger partial charge in [0.25, 0.3) is 0 Å². The molecule has 1 N–H and O–H groups in total. The van der Waals surface area contributed by atoms with Crippen LogP contribution >= 0.6 is 0 Å². The Hall–Kier alpha value is -3.12. The maximum atomic E-state index is 13.2. The molecule has 0 amide bonds. The predicted molar refractivity (Wildman–Crippen MR) is 99.0 cm³/mol. The highest BCUT2D eigenvalue weighted by atomic mass is 19.4. The molecule has 0 radical (unpaired) electrons. The van der Waals surface area contributed by atoms with Crippen LogP contribution < -0.4 is 5.32 Å². The number of anilines is 2. The number of aryl methyl sites for hydroxylation is 1. The zero-order chi connectivity index (χ0) is 22.6. The van der Waals surface area contributed by atoms with Crippen molar-refractivity contribution in [2.45, 2.75) is 57.8 Å². The molecule has 3 aromatic heterocycles. The van der Waals surface area contributed by atoms with Crippen molar-refractivity contribution >= 4 is 11.6 Å². The van der Waals surface area contributed by atoms with Gasteiger partial charge >= 0.3 is 12.7 Å². The van der Waals surface area contributed by atoms with Gasteiger partial charge in [-0.15, -0.1) is 0 Å². The maximum Gasteiger partial charge on any atom is 0.419 e. The minimum atomic E-state index is -4.53. The molecule has 31 heavy (non-hydrogen) atoms. The fraction of sp³-hybridized carbons (Fsp3) is 0.500. The van der Waals surface area contributed by atoms with Gasteiger partial charge in [0.2, 0.25) is 5.95 Å². The van der Waals surface area contributed by atoms with Gasteiger partial charge in [-0.25, -0.2) is 15.0 Å². The van der Waals surface area contributed by atoms with Crippen LogP contribution in [0.2, 0.25) is 0 Å². The van der Waals surface area contributed by atoms with E-state index in [1.165, 1.54) is 10.9 Å². The third-order valence-corrected chi connectivity index (χ3v) is 5.11. The first-order valence-electron chi connectivity index (χ1n) is 9.44. The van der Waals surface area contributed by atoms with E-state index < -0.39 is 23.8 Å². The van der Waals surface area contributed by atoms with Crippen LogP contribution in [0.3, 0.4) is 0 Å². The predicted octanol–water partition coefficient (Wildman–Crippen LogP) is 4.39. The second-order valence-corrected chi connectivity index (χ2v) is 7.83. The van der Waals surface area contributed by atoms with E-state index in [9.17, 15) is 22.0 Å². The van der Waals surface area contributed by atoms with E-state index in [0.717, 1.165) is 12.5 Å². The molecule has 4 rings (SSSR count). The Bertz CT molecular complexity index is 1100. The molecule has 0 unspecified atom stereocenters. The van der Waals surface area contributed by atoms with Crippen molar-refractivity contribution in [3.8, 4) is 0 Å². The second-order valence-electron chi connectivity index (χ2n) is 7.83. The summed E-state index contributed by atoms with van der Waals surface area (Å²) < 4.78 is 68.1. The number of halogens is 5. The van der Waals surface area contributed by atoms with Crippen LogP contribution in [-0.4, -0.2) is 34.5 Å². The Morgan fingerprint density at radius 1 is 1.16 bits per heavy atom. The molecule has 0 spiro atoms. The molecule has 0 saturated heterocycles. The number of hydrogen-bond donors (Lipinski definition) is 1. The van der Waals surface area contributed by atoms with Gasteiger partial charge in [-0.05, 0) is 33.6 Å². The van der Waals surface area contributed by atoms with Crippen LogP contribution in [0.25, 0.3) is 0 Å². The van der Waals surface area contributed by atoms with Gasteiger partial charge in [0.05, 0.1) is 22.6 Å². The first kappa shape index (κ1) is 21.1. The van der Waals surface area contributed by atoms with E-state index in [-0.39, 0.29) is 23.4 Å². The van der Waals surface area contributed by atoms with E-state index in [1.807, 2.05) is 0 Å². The van der Waals surface area contributed by atoms with Crippen molar-refractivity contribution in [3.63, 3.8) is 0 Å². The average Bonchev–Trinajstić information content (AvgIpc) is 3.27. The Labute approximate surface area is 173 Å². The van der Waals surface area contributed by atoms with Crippen LogP contribution in [0.1, 0.15) is 61.9 Å². The van der Waals surface area contributed by atoms with E-state index >= 15 is 0 Å². The van der Waals surface area contributed by atoms with Crippen molar-refractivity contribution in [2.24, 2.45) is 0 Å². The van der Waals surface area contributed by atoms with E-state index in [1.54, 1.807) is 20.8 Å². The van der Waals surface area contributed by atoms with Crippen LogP contribution in [0.5, 0.6) is 0 Å². The summed E-state index contributed by atoms with van der Waals surface area (Å²) in [5, 5.41) is 10.8. The third kappa shape index (κ3) is 3.95. The SMILES string of the molecule is Cc1nn(C(C)(C)c2ncnn2C(F)F)cc1Nc1ncc(C(F)(F)F)c(C2CC2)n1. The Morgan fingerprint density at radius 3 is 2.48 bits per heavy atom. The fourth-order valence-corrected chi connectivity index (χ4v) is 3.26. The Morgan fingerprint density at radius 2 is 1.87 bits per heavy atom. The molecule has 0 atom stereocenters. The van der Waals surface area contributed by atoms with E-state index in [4.69, 9.17) is 0 Å². The molecular formula is C18H19F5N8. The van der Waals surface area contributed by atoms with E-state index in [2.05, 4.69) is 30.5 Å². The van der Waals surface area contributed by atoms with Crippen molar-refractivity contribution in [2.75, 3.05) is 5.32 Å². The van der Waals surface area contributed by atoms with Crippen LogP contribution in [0.15, 0.2) is 18.7 Å². The van der Waals surface area contributed by atoms with Gasteiger partial charge < -0.3 is 5.32 Å². The first-order chi connectivity index (χ1) is 14.5. The molecule has 1 saturated carbocycles. The number of nitrogens with one attached hydrogen (secondary N) is 1. The number of rotatable bonds is 6. The highest BCUT2D eigenvalue weighted by Crippen LogP contribution is 2.45. The van der Waals surface area contributed by atoms with Gasteiger partial charge in [0.1, 0.15) is 11.9 Å². The van der Waals surface area contributed by atoms with E-state index in [0.29, 0.717) is 28.9 Å². The summed E-state index contributed by atoms with van der Waals surface area (Å²) in [5.41, 5.74) is -1.04. The van der Waals surface area contributed by atoms with Crippen LogP contribution in [-0.2, 0) is 11.7 Å². The zero-order valence-electron chi connectivity index (χ0n) is 16.8. The van der Waals surface area contributed by atoms with Gasteiger partial charge in [-0.3, -0.25) is 4.68 Å². The smallest absolute Gasteiger partial charge is 0.321 e. The molecule has 1 aliphatic carbocycles. The van der Waals surface area contributed by atoms with Gasteiger partial charge in [-0.1, -0.05) is 0 Å². The number of nitrogens with zero attached hydrogens (tertiary/aromatic N) is 7. The lowest BCUT2D eigenvalue weighted by atomic mass is 10.1. The topological polar surface area (TPSA) is 86.3 Å². The summed E-state index contributed by atoms with van der Waals surface area (Å²) in [6.45, 7) is 2.09. The molecule has 166 valence electrons. The number of aromatic nitrogens is 7. The quantitative estimate of drug-likeness (QED) is 0.570. The molecule has 1 fully saturated rings. The molecule has 3 heterocycles. The first-order valence-corrected chi connectivity index (χ1v) is 9.44. The summed E-state index contributed by atoms with van der Waals surface area (Å²) in [6.07, 6.45) is 0.122. The van der Waals surface area contributed by atoms with Gasteiger partial charge in [0.15, 0.2) is 5.82 Å². The monoisotopic (exact) mass is 442 g/mol. The highest BCUT2D eigenvalue weighted by molar-refractivity contribution is 5.55. The molecule has 8 nitrogen and oxygen atoms in total. The normalized spacial score (nSPS) is 15.0. The number of alkyl halides is 5. The molecule has 0 aromatic carbocycles. The molecule has 0 aliphatic heterocycles. The van der Waals surface area contributed by atoms with Gasteiger partial charge in [0, 0.05) is 18.3 Å². The lowest BCUT2D eigenvalue weighted by Gasteiger charge is -2.24. The van der Waals surface area contributed by atoms with Crippen LogP contribution in [0.4, 0.5) is 33.6 Å². The summed E-state index contributed by atoms with van der Waals surface area (Å²) >= 11 is 0. The molecule has 13 heteroatoms. The average molecular weight is 442 g/mol. The standard InChI is InChI=1S/C18H19F5N8/c1-9-12(7-30(29-9)17(2,3)14-25-8-26-31(14)15(19)20)27-16-24-6-11(18(21,22)23)13(28-16)10-4-5-10/h6-8,10,15H,4-5H2,1-3H3,(H,24,27,28). The van der Waals surface area contributed by atoms with Crippen molar-refractivity contribution in [1.82, 2.24) is 34.5 Å².